The Hall–Kier alpha value is -1.72. The Bertz CT molecular complexity index is 843. The standard InChI is InChI=1S/C18H19N3OS/c1-4-16-15(20-11-21(16)14-2-3-14)9-13(1)17-10-19-18(23-17)12-5-7-22-8-6-12/h1,4,9-12,14H,2-3,5-8H2. The number of hydrogen-bond donors (Lipinski definition) is 0. The molecule has 0 N–H and O–H groups in total. The average molecular weight is 325 g/mol. The van der Waals surface area contributed by atoms with Crippen LogP contribution in [0.5, 0.6) is 0 Å². The minimum atomic E-state index is 0.570. The third-order valence-electron chi connectivity index (χ3n) is 4.89. The summed E-state index contributed by atoms with van der Waals surface area (Å²) in [6, 6.07) is 7.30. The van der Waals surface area contributed by atoms with E-state index in [4.69, 9.17) is 4.74 Å². The fourth-order valence-electron chi connectivity index (χ4n) is 3.38. The van der Waals surface area contributed by atoms with Crippen LogP contribution in [0.3, 0.4) is 0 Å². The maximum atomic E-state index is 5.45. The number of fused-ring (bicyclic) bond motifs is 1. The van der Waals surface area contributed by atoms with Crippen molar-refractivity contribution in [2.24, 2.45) is 0 Å². The highest BCUT2D eigenvalue weighted by Gasteiger charge is 2.25. The van der Waals surface area contributed by atoms with Crippen molar-refractivity contribution < 1.29 is 4.74 Å². The second kappa shape index (κ2) is 5.42. The zero-order valence-corrected chi connectivity index (χ0v) is 13.8. The Kier molecular flexibility index (Phi) is 3.23. The summed E-state index contributed by atoms with van der Waals surface area (Å²) < 4.78 is 7.77. The fourth-order valence-corrected chi connectivity index (χ4v) is 4.47. The summed E-state index contributed by atoms with van der Waals surface area (Å²) in [6.07, 6.45) is 8.78. The predicted molar refractivity (Wildman–Crippen MR) is 91.9 cm³/mol. The van der Waals surface area contributed by atoms with Gasteiger partial charge in [-0.05, 0) is 43.4 Å². The van der Waals surface area contributed by atoms with Crippen LogP contribution in [0.4, 0.5) is 0 Å². The quantitative estimate of drug-likeness (QED) is 0.717. The summed E-state index contributed by atoms with van der Waals surface area (Å²) in [5.41, 5.74) is 3.58. The summed E-state index contributed by atoms with van der Waals surface area (Å²) in [7, 11) is 0. The molecule has 2 aromatic heterocycles. The van der Waals surface area contributed by atoms with E-state index in [1.165, 1.54) is 33.8 Å². The van der Waals surface area contributed by atoms with Gasteiger partial charge in [-0.3, -0.25) is 0 Å². The molecule has 23 heavy (non-hydrogen) atoms. The van der Waals surface area contributed by atoms with Gasteiger partial charge in [-0.2, -0.15) is 0 Å². The van der Waals surface area contributed by atoms with Crippen molar-refractivity contribution in [3.63, 3.8) is 0 Å². The minimum Gasteiger partial charge on any atom is -0.381 e. The molecular weight excluding hydrogens is 306 g/mol. The molecule has 1 aliphatic carbocycles. The first kappa shape index (κ1) is 13.7. The number of benzene rings is 1. The molecule has 1 aliphatic heterocycles. The highest BCUT2D eigenvalue weighted by molar-refractivity contribution is 7.15. The van der Waals surface area contributed by atoms with Crippen molar-refractivity contribution in [1.29, 1.82) is 0 Å². The zero-order valence-electron chi connectivity index (χ0n) is 12.9. The lowest BCUT2D eigenvalue weighted by Crippen LogP contribution is -2.13. The SMILES string of the molecule is c1cc2c(cc1-c1cnc(C3CCOCC3)s1)ncn2C1CC1. The largest absolute Gasteiger partial charge is 0.381 e. The Morgan fingerprint density at radius 3 is 2.78 bits per heavy atom. The summed E-state index contributed by atoms with van der Waals surface area (Å²) >= 11 is 1.83. The van der Waals surface area contributed by atoms with Gasteiger partial charge in [-0.25, -0.2) is 9.97 Å². The van der Waals surface area contributed by atoms with Gasteiger partial charge in [-0.15, -0.1) is 11.3 Å². The molecule has 5 rings (SSSR count). The fraction of sp³-hybridized carbons (Fsp3) is 0.444. The molecular formula is C18H19N3OS. The van der Waals surface area contributed by atoms with Gasteiger partial charge in [0.25, 0.3) is 0 Å². The molecule has 0 radical (unpaired) electrons. The number of ether oxygens (including phenoxy) is 1. The lowest BCUT2D eigenvalue weighted by Gasteiger charge is -2.19. The van der Waals surface area contributed by atoms with Crippen LogP contribution < -0.4 is 0 Å². The van der Waals surface area contributed by atoms with E-state index in [0.29, 0.717) is 12.0 Å². The Balaban J connectivity index is 1.46. The zero-order chi connectivity index (χ0) is 15.2. The highest BCUT2D eigenvalue weighted by atomic mass is 32.1. The van der Waals surface area contributed by atoms with Crippen molar-refractivity contribution in [2.75, 3.05) is 13.2 Å². The van der Waals surface area contributed by atoms with Crippen LogP contribution in [0.1, 0.15) is 42.7 Å². The number of rotatable bonds is 3. The van der Waals surface area contributed by atoms with Crippen LogP contribution in [0.2, 0.25) is 0 Å². The van der Waals surface area contributed by atoms with E-state index in [9.17, 15) is 0 Å². The van der Waals surface area contributed by atoms with Crippen molar-refractivity contribution in [3.8, 4) is 10.4 Å². The Morgan fingerprint density at radius 2 is 1.96 bits per heavy atom. The molecule has 0 unspecified atom stereocenters. The van der Waals surface area contributed by atoms with E-state index in [1.54, 1.807) is 0 Å². The maximum absolute atomic E-state index is 5.45. The summed E-state index contributed by atoms with van der Waals surface area (Å²) in [5, 5.41) is 1.26. The van der Waals surface area contributed by atoms with Gasteiger partial charge in [0.05, 0.1) is 27.2 Å². The summed E-state index contributed by atoms with van der Waals surface area (Å²) in [5.74, 6) is 0.570. The van der Waals surface area contributed by atoms with Crippen LogP contribution in [0, 0.1) is 0 Å². The Morgan fingerprint density at radius 1 is 1.09 bits per heavy atom. The first-order valence-electron chi connectivity index (χ1n) is 8.39. The molecule has 4 nitrogen and oxygen atoms in total. The second-order valence-electron chi connectivity index (χ2n) is 6.54. The second-order valence-corrected chi connectivity index (χ2v) is 7.60. The first-order chi connectivity index (χ1) is 11.4. The van der Waals surface area contributed by atoms with Gasteiger partial charge in [0.15, 0.2) is 0 Å². The molecule has 118 valence electrons. The van der Waals surface area contributed by atoms with Crippen LogP contribution in [-0.2, 0) is 4.74 Å². The van der Waals surface area contributed by atoms with Gasteiger partial charge in [0.1, 0.15) is 0 Å². The Labute approximate surface area is 139 Å². The van der Waals surface area contributed by atoms with Crippen LogP contribution >= 0.6 is 11.3 Å². The summed E-state index contributed by atoms with van der Waals surface area (Å²) in [4.78, 5) is 10.5. The molecule has 5 heteroatoms. The predicted octanol–water partition coefficient (Wildman–Crippen LogP) is 4.39. The normalized spacial score (nSPS) is 19.5. The number of thiazole rings is 1. The van der Waals surface area contributed by atoms with Gasteiger partial charge in [0.2, 0.25) is 0 Å². The van der Waals surface area contributed by atoms with E-state index in [2.05, 4.69) is 32.7 Å². The average Bonchev–Trinajstić information content (AvgIpc) is 3.17. The van der Waals surface area contributed by atoms with E-state index in [1.807, 2.05) is 23.9 Å². The molecule has 1 aromatic carbocycles. The number of aromatic nitrogens is 3. The molecule has 3 aromatic rings. The molecule has 0 bridgehead atoms. The highest BCUT2D eigenvalue weighted by Crippen LogP contribution is 2.39. The molecule has 2 fully saturated rings. The molecule has 0 amide bonds. The van der Waals surface area contributed by atoms with Crippen LogP contribution in [-0.4, -0.2) is 27.7 Å². The van der Waals surface area contributed by atoms with Gasteiger partial charge in [0, 0.05) is 31.4 Å². The maximum Gasteiger partial charge on any atom is 0.0963 e. The van der Waals surface area contributed by atoms with Crippen molar-refractivity contribution in [3.05, 3.63) is 35.7 Å². The molecule has 2 aliphatic rings. The number of nitrogens with zero attached hydrogens (tertiary/aromatic N) is 3. The van der Waals surface area contributed by atoms with Gasteiger partial charge >= 0.3 is 0 Å². The van der Waals surface area contributed by atoms with Crippen LogP contribution in [0.25, 0.3) is 21.5 Å². The molecule has 1 saturated carbocycles. The molecule has 3 heterocycles. The first-order valence-corrected chi connectivity index (χ1v) is 9.20. The minimum absolute atomic E-state index is 0.570. The van der Waals surface area contributed by atoms with Crippen molar-refractivity contribution in [2.45, 2.75) is 37.6 Å². The van der Waals surface area contributed by atoms with E-state index < -0.39 is 0 Å². The third kappa shape index (κ3) is 2.48. The van der Waals surface area contributed by atoms with Gasteiger partial charge < -0.3 is 9.30 Å². The van der Waals surface area contributed by atoms with E-state index >= 15 is 0 Å². The lowest BCUT2D eigenvalue weighted by atomic mass is 10.0. The smallest absolute Gasteiger partial charge is 0.0963 e. The van der Waals surface area contributed by atoms with E-state index in [-0.39, 0.29) is 0 Å². The van der Waals surface area contributed by atoms with Crippen molar-refractivity contribution in [1.82, 2.24) is 14.5 Å². The number of hydrogen-bond acceptors (Lipinski definition) is 4. The van der Waals surface area contributed by atoms with Crippen LogP contribution in [0.15, 0.2) is 30.7 Å². The van der Waals surface area contributed by atoms with Crippen molar-refractivity contribution >= 4 is 22.4 Å². The number of imidazole rings is 1. The topological polar surface area (TPSA) is 39.9 Å². The molecule has 0 spiro atoms. The third-order valence-corrected chi connectivity index (χ3v) is 6.10. The molecule has 1 saturated heterocycles. The summed E-state index contributed by atoms with van der Waals surface area (Å²) in [6.45, 7) is 1.73. The lowest BCUT2D eigenvalue weighted by molar-refractivity contribution is 0.0853. The monoisotopic (exact) mass is 325 g/mol. The van der Waals surface area contributed by atoms with Gasteiger partial charge in [-0.1, -0.05) is 6.07 Å². The van der Waals surface area contributed by atoms with E-state index in [0.717, 1.165) is 31.6 Å². The molecule has 0 atom stereocenters.